The zero-order valence-corrected chi connectivity index (χ0v) is 17.7. The van der Waals surface area contributed by atoms with Gasteiger partial charge in [-0.2, -0.15) is 0 Å². The van der Waals surface area contributed by atoms with Crippen LogP contribution in [0.2, 0.25) is 0 Å². The molecule has 1 aliphatic carbocycles. The van der Waals surface area contributed by atoms with Gasteiger partial charge in [0.15, 0.2) is 9.84 Å². The molecule has 3 unspecified atom stereocenters. The van der Waals surface area contributed by atoms with E-state index < -0.39 is 20.5 Å². The van der Waals surface area contributed by atoms with Gasteiger partial charge in [-0.25, -0.2) is 8.42 Å². The van der Waals surface area contributed by atoms with Gasteiger partial charge >= 0.3 is 0 Å². The summed E-state index contributed by atoms with van der Waals surface area (Å²) < 4.78 is 33.0. The Hall–Kier alpha value is -1.28. The maximum absolute atomic E-state index is 13.4. The zero-order valence-electron chi connectivity index (χ0n) is 14.5. The normalized spacial score (nSPS) is 25.0. The average molecular weight is 454 g/mol. The van der Waals surface area contributed by atoms with Crippen LogP contribution in [0.15, 0.2) is 57.9 Å². The van der Waals surface area contributed by atoms with E-state index >= 15 is 0 Å². The lowest BCUT2D eigenvalue weighted by atomic mass is 10.00. The number of benzene rings is 2. The highest BCUT2D eigenvalue weighted by atomic mass is 79.9. The third kappa shape index (κ3) is 3.11. The van der Waals surface area contributed by atoms with Crippen molar-refractivity contribution in [2.24, 2.45) is 11.1 Å². The fraction of sp³-hybridized carbons (Fsp3) is 0.316. The summed E-state index contributed by atoms with van der Waals surface area (Å²) >= 11 is 8.71. The highest BCUT2D eigenvalue weighted by Crippen LogP contribution is 2.64. The lowest BCUT2D eigenvalue weighted by Crippen LogP contribution is -2.33. The molecular weight excluding hydrogens is 434 g/mol. The lowest BCUT2D eigenvalue weighted by molar-refractivity contribution is 0.166. The molecule has 1 fully saturated rings. The summed E-state index contributed by atoms with van der Waals surface area (Å²) in [6, 6.07) is 14.5. The summed E-state index contributed by atoms with van der Waals surface area (Å²) in [5, 5.41) is -0.740. The minimum absolute atomic E-state index is 0.165. The van der Waals surface area contributed by atoms with E-state index in [4.69, 9.17) is 22.7 Å². The van der Waals surface area contributed by atoms with Crippen molar-refractivity contribution in [2.45, 2.75) is 23.0 Å². The van der Waals surface area contributed by atoms with Crippen molar-refractivity contribution in [3.63, 3.8) is 0 Å². The summed E-state index contributed by atoms with van der Waals surface area (Å²) in [5.41, 5.74) is 7.03. The molecule has 0 saturated heterocycles. The van der Waals surface area contributed by atoms with E-state index in [1.807, 2.05) is 31.2 Å². The summed E-state index contributed by atoms with van der Waals surface area (Å²) in [4.78, 5) is 0.456. The van der Waals surface area contributed by atoms with E-state index in [1.54, 1.807) is 24.3 Å². The van der Waals surface area contributed by atoms with Gasteiger partial charge in [0, 0.05) is 17.5 Å². The molecule has 0 amide bonds. The van der Waals surface area contributed by atoms with Crippen molar-refractivity contribution in [3.8, 4) is 0 Å². The summed E-state index contributed by atoms with van der Waals surface area (Å²) in [6.07, 6.45) is 0. The molecule has 0 radical (unpaired) electrons. The molecule has 3 atom stereocenters. The zero-order chi connectivity index (χ0) is 19.1. The maximum Gasteiger partial charge on any atom is 0.182 e. The Balaban J connectivity index is 2.11. The average Bonchev–Trinajstić information content (AvgIpc) is 3.27. The molecule has 1 saturated carbocycles. The fourth-order valence-electron chi connectivity index (χ4n) is 3.65. The Morgan fingerprint density at radius 1 is 1.19 bits per heavy atom. The van der Waals surface area contributed by atoms with Gasteiger partial charge in [-0.1, -0.05) is 58.0 Å². The van der Waals surface area contributed by atoms with Crippen LogP contribution in [0.3, 0.4) is 0 Å². The second-order valence-corrected chi connectivity index (χ2v) is 10.1. The van der Waals surface area contributed by atoms with Crippen LogP contribution in [0.1, 0.15) is 17.0 Å². The van der Waals surface area contributed by atoms with E-state index in [2.05, 4.69) is 15.9 Å². The first-order valence-corrected chi connectivity index (χ1v) is 10.8. The molecule has 2 aromatic carbocycles. The van der Waals surface area contributed by atoms with Crippen LogP contribution in [0.25, 0.3) is 0 Å². The molecule has 0 aromatic heterocycles. The number of hydrogen-bond donors (Lipinski definition) is 1. The van der Waals surface area contributed by atoms with Gasteiger partial charge in [0.05, 0.1) is 27.2 Å². The molecule has 0 aliphatic heterocycles. The van der Waals surface area contributed by atoms with Crippen molar-refractivity contribution < 1.29 is 13.2 Å². The standard InChI is InChI=1S/C19H20BrNO3S2/c1-12-3-9-15(10-4-12)26(22,23)17-16(13-5-7-14(20)8-6-13)19(17,11-24-2)18(21)25/h3-10,16-17H,11H2,1-2H3,(H2,21,25). The third-order valence-corrected chi connectivity index (χ3v) is 8.21. The maximum atomic E-state index is 13.4. The Kier molecular flexibility index (Phi) is 5.27. The Morgan fingerprint density at radius 3 is 2.27 bits per heavy atom. The minimum atomic E-state index is -3.62. The summed E-state index contributed by atoms with van der Waals surface area (Å²) in [5.74, 6) is -0.334. The largest absolute Gasteiger partial charge is 0.393 e. The molecule has 0 spiro atoms. The molecule has 26 heavy (non-hydrogen) atoms. The van der Waals surface area contributed by atoms with Crippen LogP contribution in [0, 0.1) is 12.3 Å². The van der Waals surface area contributed by atoms with Gasteiger partial charge in [0.2, 0.25) is 0 Å². The minimum Gasteiger partial charge on any atom is -0.393 e. The SMILES string of the molecule is COCC1(C(N)=S)C(c2ccc(Br)cc2)C1S(=O)(=O)c1ccc(C)cc1. The Bertz CT molecular complexity index is 926. The molecule has 1 aliphatic rings. The van der Waals surface area contributed by atoms with Gasteiger partial charge in [0.1, 0.15) is 0 Å². The molecule has 2 aromatic rings. The first-order chi connectivity index (χ1) is 12.2. The number of ether oxygens (including phenoxy) is 1. The second kappa shape index (κ2) is 7.03. The number of methoxy groups -OCH3 is 1. The topological polar surface area (TPSA) is 69.4 Å². The molecule has 138 valence electrons. The number of halogens is 1. The van der Waals surface area contributed by atoms with E-state index in [1.165, 1.54) is 7.11 Å². The van der Waals surface area contributed by atoms with E-state index in [-0.39, 0.29) is 22.4 Å². The molecule has 7 heteroatoms. The smallest absolute Gasteiger partial charge is 0.182 e. The van der Waals surface area contributed by atoms with Crippen molar-refractivity contribution in [1.29, 1.82) is 0 Å². The molecule has 3 rings (SSSR count). The van der Waals surface area contributed by atoms with Crippen molar-refractivity contribution in [3.05, 3.63) is 64.1 Å². The first-order valence-electron chi connectivity index (χ1n) is 8.10. The highest BCUT2D eigenvalue weighted by Gasteiger charge is 2.73. The van der Waals surface area contributed by atoms with E-state index in [0.29, 0.717) is 0 Å². The predicted molar refractivity (Wildman–Crippen MR) is 110 cm³/mol. The van der Waals surface area contributed by atoms with E-state index in [0.717, 1.165) is 15.6 Å². The van der Waals surface area contributed by atoms with Crippen LogP contribution in [0.4, 0.5) is 0 Å². The predicted octanol–water partition coefficient (Wildman–Crippen LogP) is 3.62. The molecule has 4 nitrogen and oxygen atoms in total. The number of sulfone groups is 1. The number of rotatable bonds is 6. The first kappa shape index (κ1) is 19.5. The highest BCUT2D eigenvalue weighted by molar-refractivity contribution is 9.10. The number of nitrogens with two attached hydrogens (primary N) is 1. The van der Waals surface area contributed by atoms with Crippen molar-refractivity contribution >= 4 is 43.0 Å². The summed E-state index contributed by atoms with van der Waals surface area (Å²) in [6.45, 7) is 2.08. The van der Waals surface area contributed by atoms with Crippen LogP contribution in [-0.2, 0) is 14.6 Å². The molecule has 0 heterocycles. The Morgan fingerprint density at radius 2 is 1.77 bits per heavy atom. The third-order valence-electron chi connectivity index (χ3n) is 5.01. The Labute approximate surface area is 167 Å². The molecule has 2 N–H and O–H groups in total. The van der Waals surface area contributed by atoms with Crippen molar-refractivity contribution in [1.82, 2.24) is 0 Å². The van der Waals surface area contributed by atoms with Crippen LogP contribution >= 0.6 is 28.1 Å². The van der Waals surface area contributed by atoms with Gasteiger partial charge < -0.3 is 10.5 Å². The monoisotopic (exact) mass is 453 g/mol. The molecular formula is C19H20BrNO3S2. The molecule has 0 bridgehead atoms. The van der Waals surface area contributed by atoms with Crippen LogP contribution in [-0.4, -0.2) is 32.4 Å². The van der Waals surface area contributed by atoms with Crippen molar-refractivity contribution in [2.75, 3.05) is 13.7 Å². The van der Waals surface area contributed by atoms with Gasteiger partial charge in [-0.05, 0) is 36.8 Å². The van der Waals surface area contributed by atoms with Crippen LogP contribution in [0.5, 0.6) is 0 Å². The second-order valence-electron chi connectivity index (χ2n) is 6.65. The lowest BCUT2D eigenvalue weighted by Gasteiger charge is -2.16. The van der Waals surface area contributed by atoms with Gasteiger partial charge in [-0.3, -0.25) is 0 Å². The summed E-state index contributed by atoms with van der Waals surface area (Å²) in [7, 11) is -2.09. The number of thiocarbonyl (C=S) groups is 1. The van der Waals surface area contributed by atoms with Crippen LogP contribution < -0.4 is 5.73 Å². The number of aryl methyl sites for hydroxylation is 1. The quantitative estimate of drug-likeness (QED) is 0.676. The number of hydrogen-bond acceptors (Lipinski definition) is 4. The van der Waals surface area contributed by atoms with E-state index in [9.17, 15) is 8.42 Å². The fourth-order valence-corrected chi connectivity index (χ4v) is 6.69. The van der Waals surface area contributed by atoms with Gasteiger partial charge in [-0.15, -0.1) is 0 Å². The van der Waals surface area contributed by atoms with Gasteiger partial charge in [0.25, 0.3) is 0 Å².